The second-order valence-electron chi connectivity index (χ2n) is 3.18. The molecule has 0 spiro atoms. The maximum absolute atomic E-state index is 6.04. The van der Waals surface area contributed by atoms with Gasteiger partial charge in [0.15, 0.2) is 0 Å². The molecule has 1 heterocycles. The number of nitrogens with one attached hydrogen (secondary N) is 1. The summed E-state index contributed by atoms with van der Waals surface area (Å²) in [6, 6.07) is 8.07. The van der Waals surface area contributed by atoms with Gasteiger partial charge in [0.05, 0.1) is 0 Å². The van der Waals surface area contributed by atoms with Gasteiger partial charge >= 0.3 is 0 Å². The van der Waals surface area contributed by atoms with Crippen LogP contribution in [0.5, 0.6) is 0 Å². The molecule has 0 unspecified atom stereocenters. The summed E-state index contributed by atoms with van der Waals surface area (Å²) in [5.41, 5.74) is 1.25. The Morgan fingerprint density at radius 1 is 1.38 bits per heavy atom. The molecule has 3 heteroatoms. The number of halogens is 1. The number of hydrogen-bond donors (Lipinski definition) is 1. The van der Waals surface area contributed by atoms with Crippen molar-refractivity contribution in [1.29, 1.82) is 0 Å². The zero-order valence-electron chi connectivity index (χ0n) is 7.29. The van der Waals surface area contributed by atoms with Crippen LogP contribution in [0.3, 0.4) is 0 Å². The van der Waals surface area contributed by atoms with Gasteiger partial charge in [-0.05, 0) is 11.6 Å². The van der Waals surface area contributed by atoms with Crippen molar-refractivity contribution in [3.8, 4) is 0 Å². The molecule has 1 nitrogen and oxygen atoms in total. The predicted molar refractivity (Wildman–Crippen MR) is 59.4 cm³/mol. The second-order valence-corrected chi connectivity index (χ2v) is 4.88. The molecule has 0 bridgehead atoms. The van der Waals surface area contributed by atoms with Crippen LogP contribution >= 0.6 is 23.4 Å². The van der Waals surface area contributed by atoms with Gasteiger partial charge in [0.25, 0.3) is 0 Å². The molecule has 0 saturated carbocycles. The predicted octanol–water partition coefficient (Wildman–Crippen LogP) is 2.54. The minimum absolute atomic E-state index is 0.788. The third-order valence-corrected chi connectivity index (χ3v) is 3.83. The van der Waals surface area contributed by atoms with Gasteiger partial charge in [-0.1, -0.05) is 29.8 Å². The Bertz CT molecular complexity index is 286. The smallest absolute Gasteiger partial charge is 0.0446 e. The van der Waals surface area contributed by atoms with E-state index in [4.69, 9.17) is 11.6 Å². The summed E-state index contributed by atoms with van der Waals surface area (Å²) in [6.45, 7) is 2.30. The highest BCUT2D eigenvalue weighted by atomic mass is 35.5. The standard InChI is InChI=1S/C10H12ClNS/c11-10-4-2-1-3-8(10)7-13-9-5-12-6-9/h1-4,9,12H,5-7H2. The Morgan fingerprint density at radius 2 is 2.15 bits per heavy atom. The SMILES string of the molecule is Clc1ccccc1CSC1CNC1. The highest BCUT2D eigenvalue weighted by molar-refractivity contribution is 7.99. The summed E-state index contributed by atoms with van der Waals surface area (Å²) < 4.78 is 0. The minimum atomic E-state index is 0.788. The molecule has 0 aliphatic carbocycles. The molecule has 70 valence electrons. The van der Waals surface area contributed by atoms with Crippen LogP contribution in [0, 0.1) is 0 Å². The Kier molecular flexibility index (Phi) is 3.14. The average Bonchev–Trinajstić information content (AvgIpc) is 2.05. The van der Waals surface area contributed by atoms with E-state index in [0.717, 1.165) is 29.1 Å². The van der Waals surface area contributed by atoms with Crippen LogP contribution in [0.25, 0.3) is 0 Å². The molecule has 0 atom stereocenters. The first-order valence-electron chi connectivity index (χ1n) is 4.42. The van der Waals surface area contributed by atoms with Crippen molar-refractivity contribution in [3.05, 3.63) is 34.9 Å². The Balaban J connectivity index is 1.89. The Labute approximate surface area is 87.9 Å². The normalized spacial score (nSPS) is 17.0. The molecule has 0 amide bonds. The van der Waals surface area contributed by atoms with E-state index >= 15 is 0 Å². The minimum Gasteiger partial charge on any atom is -0.314 e. The monoisotopic (exact) mass is 213 g/mol. The Hall–Kier alpha value is -0.180. The van der Waals surface area contributed by atoms with E-state index in [1.807, 2.05) is 30.0 Å². The van der Waals surface area contributed by atoms with E-state index < -0.39 is 0 Å². The van der Waals surface area contributed by atoms with Crippen LogP contribution in [0.1, 0.15) is 5.56 Å². The molecule has 13 heavy (non-hydrogen) atoms. The molecule has 1 saturated heterocycles. The first-order valence-corrected chi connectivity index (χ1v) is 5.84. The fourth-order valence-corrected chi connectivity index (χ4v) is 2.62. The van der Waals surface area contributed by atoms with Gasteiger partial charge in [-0.2, -0.15) is 11.8 Å². The van der Waals surface area contributed by atoms with E-state index in [1.54, 1.807) is 0 Å². The molecule has 1 aliphatic heterocycles. The van der Waals surface area contributed by atoms with Crippen LogP contribution in [-0.2, 0) is 5.75 Å². The molecular weight excluding hydrogens is 202 g/mol. The topological polar surface area (TPSA) is 12.0 Å². The van der Waals surface area contributed by atoms with Gasteiger partial charge in [0.1, 0.15) is 0 Å². The largest absolute Gasteiger partial charge is 0.314 e. The quantitative estimate of drug-likeness (QED) is 0.829. The van der Waals surface area contributed by atoms with Crippen LogP contribution in [0.2, 0.25) is 5.02 Å². The molecule has 1 N–H and O–H groups in total. The maximum atomic E-state index is 6.04. The zero-order chi connectivity index (χ0) is 9.10. The summed E-state index contributed by atoms with van der Waals surface area (Å²) in [6.07, 6.45) is 0. The lowest BCUT2D eigenvalue weighted by Gasteiger charge is -2.26. The lowest BCUT2D eigenvalue weighted by molar-refractivity contribution is 0.543. The van der Waals surface area contributed by atoms with Gasteiger partial charge in [0, 0.05) is 29.1 Å². The molecule has 2 rings (SSSR count). The van der Waals surface area contributed by atoms with Gasteiger partial charge in [-0.15, -0.1) is 0 Å². The highest BCUT2D eigenvalue weighted by Gasteiger charge is 2.16. The van der Waals surface area contributed by atoms with Gasteiger partial charge in [-0.25, -0.2) is 0 Å². The molecule has 1 aromatic carbocycles. The summed E-state index contributed by atoms with van der Waals surface area (Å²) in [5.74, 6) is 1.03. The van der Waals surface area contributed by atoms with E-state index in [9.17, 15) is 0 Å². The van der Waals surface area contributed by atoms with Crippen molar-refractivity contribution >= 4 is 23.4 Å². The van der Waals surface area contributed by atoms with Crippen molar-refractivity contribution in [2.24, 2.45) is 0 Å². The van der Waals surface area contributed by atoms with Crippen LogP contribution < -0.4 is 5.32 Å². The molecule has 1 fully saturated rings. The fraction of sp³-hybridized carbons (Fsp3) is 0.400. The van der Waals surface area contributed by atoms with Gasteiger partial charge in [0.2, 0.25) is 0 Å². The van der Waals surface area contributed by atoms with Crippen LogP contribution in [0.15, 0.2) is 24.3 Å². The van der Waals surface area contributed by atoms with E-state index in [2.05, 4.69) is 11.4 Å². The van der Waals surface area contributed by atoms with E-state index in [-0.39, 0.29) is 0 Å². The van der Waals surface area contributed by atoms with Gasteiger partial charge < -0.3 is 5.32 Å². The summed E-state index contributed by atoms with van der Waals surface area (Å²) in [7, 11) is 0. The third kappa shape index (κ3) is 2.39. The first kappa shape index (κ1) is 9.38. The summed E-state index contributed by atoms with van der Waals surface area (Å²) in [5, 5.41) is 4.94. The summed E-state index contributed by atoms with van der Waals surface area (Å²) >= 11 is 8.02. The van der Waals surface area contributed by atoms with Crippen LogP contribution in [0.4, 0.5) is 0 Å². The molecule has 1 aliphatic rings. The average molecular weight is 214 g/mol. The maximum Gasteiger partial charge on any atom is 0.0446 e. The number of thioether (sulfide) groups is 1. The van der Waals surface area contributed by atoms with Crippen molar-refractivity contribution in [1.82, 2.24) is 5.32 Å². The first-order chi connectivity index (χ1) is 6.36. The molecule has 1 aromatic rings. The van der Waals surface area contributed by atoms with E-state index in [1.165, 1.54) is 5.56 Å². The lowest BCUT2D eigenvalue weighted by Crippen LogP contribution is -2.44. The van der Waals surface area contributed by atoms with Crippen molar-refractivity contribution in [3.63, 3.8) is 0 Å². The molecule has 0 radical (unpaired) electrons. The number of rotatable bonds is 3. The number of benzene rings is 1. The molecule has 0 aromatic heterocycles. The van der Waals surface area contributed by atoms with Crippen molar-refractivity contribution < 1.29 is 0 Å². The lowest BCUT2D eigenvalue weighted by atomic mass is 10.2. The zero-order valence-corrected chi connectivity index (χ0v) is 8.87. The van der Waals surface area contributed by atoms with E-state index in [0.29, 0.717) is 0 Å². The van der Waals surface area contributed by atoms with Crippen molar-refractivity contribution in [2.45, 2.75) is 11.0 Å². The molecular formula is C10H12ClNS. The summed E-state index contributed by atoms with van der Waals surface area (Å²) in [4.78, 5) is 0. The van der Waals surface area contributed by atoms with Crippen LogP contribution in [-0.4, -0.2) is 18.3 Å². The van der Waals surface area contributed by atoms with Gasteiger partial charge in [-0.3, -0.25) is 0 Å². The highest BCUT2D eigenvalue weighted by Crippen LogP contribution is 2.24. The fourth-order valence-electron chi connectivity index (χ4n) is 1.20. The van der Waals surface area contributed by atoms with Crippen molar-refractivity contribution in [2.75, 3.05) is 13.1 Å². The second kappa shape index (κ2) is 4.36. The Morgan fingerprint density at radius 3 is 2.77 bits per heavy atom. The third-order valence-electron chi connectivity index (χ3n) is 2.18. The number of hydrogen-bond acceptors (Lipinski definition) is 2.